The lowest BCUT2D eigenvalue weighted by Crippen LogP contribution is -2.23. The molecule has 8 nitrogen and oxygen atoms in total. The largest absolute Gasteiger partial charge is 0.441 e. The number of oxazole rings is 1. The lowest BCUT2D eigenvalue weighted by atomic mass is 10.1. The Kier molecular flexibility index (Phi) is 6.55. The Hall–Kier alpha value is -3.46. The number of carbonyl (C=O) groups is 2. The molecule has 0 saturated carbocycles. The van der Waals surface area contributed by atoms with Crippen LogP contribution in [0.3, 0.4) is 0 Å². The molecule has 0 fully saturated rings. The highest BCUT2D eigenvalue weighted by Gasteiger charge is 2.18. The SMILES string of the molecule is CCS(=O)(=O)Nc1ccccc1-c1nc(CNC(=O)c2ccc(C(C)=O)cc2)c(C)o1. The van der Waals surface area contributed by atoms with E-state index in [4.69, 9.17) is 4.42 Å². The quantitative estimate of drug-likeness (QED) is 0.516. The molecular weight excluding hydrogens is 418 g/mol. The normalized spacial score (nSPS) is 11.2. The maximum atomic E-state index is 12.4. The van der Waals surface area contributed by atoms with Gasteiger partial charge in [0.25, 0.3) is 5.91 Å². The molecule has 0 bridgehead atoms. The summed E-state index contributed by atoms with van der Waals surface area (Å²) in [7, 11) is -3.46. The first-order valence-corrected chi connectivity index (χ1v) is 11.3. The van der Waals surface area contributed by atoms with Crippen LogP contribution in [0.1, 0.15) is 46.0 Å². The fraction of sp³-hybridized carbons (Fsp3) is 0.227. The topological polar surface area (TPSA) is 118 Å². The predicted octanol–water partition coefficient (Wildman–Crippen LogP) is 3.54. The average molecular weight is 442 g/mol. The van der Waals surface area contributed by atoms with Gasteiger partial charge in [-0.1, -0.05) is 24.3 Å². The molecule has 3 aromatic rings. The van der Waals surface area contributed by atoms with Crippen LogP contribution < -0.4 is 10.0 Å². The van der Waals surface area contributed by atoms with Gasteiger partial charge in [0.1, 0.15) is 11.5 Å². The van der Waals surface area contributed by atoms with E-state index in [0.29, 0.717) is 33.8 Å². The number of ketones is 1. The summed E-state index contributed by atoms with van der Waals surface area (Å²) < 4.78 is 32.2. The number of nitrogens with one attached hydrogen (secondary N) is 2. The highest BCUT2D eigenvalue weighted by atomic mass is 32.2. The summed E-state index contributed by atoms with van der Waals surface area (Å²) in [6.45, 7) is 4.87. The van der Waals surface area contributed by atoms with Crippen molar-refractivity contribution in [3.8, 4) is 11.5 Å². The number of hydrogen-bond donors (Lipinski definition) is 2. The Morgan fingerprint density at radius 2 is 1.68 bits per heavy atom. The molecular formula is C22H23N3O5S. The zero-order chi connectivity index (χ0) is 22.6. The third kappa shape index (κ3) is 5.37. The van der Waals surface area contributed by atoms with Gasteiger partial charge in [-0.25, -0.2) is 13.4 Å². The van der Waals surface area contributed by atoms with E-state index in [9.17, 15) is 18.0 Å². The van der Waals surface area contributed by atoms with Crippen LogP contribution in [0.25, 0.3) is 11.5 Å². The first-order chi connectivity index (χ1) is 14.7. The van der Waals surface area contributed by atoms with Crippen molar-refractivity contribution in [1.82, 2.24) is 10.3 Å². The Morgan fingerprint density at radius 3 is 2.32 bits per heavy atom. The summed E-state index contributed by atoms with van der Waals surface area (Å²) in [5, 5.41) is 2.77. The van der Waals surface area contributed by atoms with Gasteiger partial charge in [0.15, 0.2) is 5.78 Å². The molecule has 162 valence electrons. The zero-order valence-corrected chi connectivity index (χ0v) is 18.2. The monoisotopic (exact) mass is 441 g/mol. The van der Waals surface area contributed by atoms with E-state index < -0.39 is 10.0 Å². The van der Waals surface area contributed by atoms with E-state index in [-0.39, 0.29) is 29.9 Å². The molecule has 2 aromatic carbocycles. The van der Waals surface area contributed by atoms with Crippen LogP contribution in [0.2, 0.25) is 0 Å². The molecule has 31 heavy (non-hydrogen) atoms. The number of benzene rings is 2. The van der Waals surface area contributed by atoms with E-state index >= 15 is 0 Å². The molecule has 0 aliphatic heterocycles. The molecule has 1 heterocycles. The van der Waals surface area contributed by atoms with Gasteiger partial charge < -0.3 is 9.73 Å². The van der Waals surface area contributed by atoms with E-state index in [1.54, 1.807) is 62.4 Å². The summed E-state index contributed by atoms with van der Waals surface area (Å²) in [4.78, 5) is 28.2. The summed E-state index contributed by atoms with van der Waals surface area (Å²) >= 11 is 0. The van der Waals surface area contributed by atoms with Gasteiger partial charge in [-0.05, 0) is 45.0 Å². The second kappa shape index (κ2) is 9.13. The van der Waals surface area contributed by atoms with E-state index in [1.165, 1.54) is 6.92 Å². The van der Waals surface area contributed by atoms with Gasteiger partial charge in [-0.3, -0.25) is 14.3 Å². The van der Waals surface area contributed by atoms with Crippen LogP contribution in [0, 0.1) is 6.92 Å². The number of aryl methyl sites for hydroxylation is 1. The lowest BCUT2D eigenvalue weighted by molar-refractivity contribution is 0.0948. The van der Waals surface area contributed by atoms with Crippen LogP contribution in [0.5, 0.6) is 0 Å². The number of carbonyl (C=O) groups excluding carboxylic acids is 2. The number of Topliss-reactive ketones (excluding diaryl/α,β-unsaturated/α-hetero) is 1. The molecule has 9 heteroatoms. The smallest absolute Gasteiger partial charge is 0.251 e. The van der Waals surface area contributed by atoms with Gasteiger partial charge in [-0.15, -0.1) is 0 Å². The third-order valence-corrected chi connectivity index (χ3v) is 5.96. The van der Waals surface area contributed by atoms with Crippen molar-refractivity contribution in [2.75, 3.05) is 10.5 Å². The van der Waals surface area contributed by atoms with Crippen LogP contribution in [0.15, 0.2) is 52.9 Å². The summed E-state index contributed by atoms with van der Waals surface area (Å²) in [5.41, 5.74) is 2.35. The van der Waals surface area contributed by atoms with Gasteiger partial charge >= 0.3 is 0 Å². The highest BCUT2D eigenvalue weighted by molar-refractivity contribution is 7.92. The molecule has 0 aliphatic rings. The van der Waals surface area contributed by atoms with Gasteiger partial charge in [0.2, 0.25) is 15.9 Å². The maximum Gasteiger partial charge on any atom is 0.251 e. The maximum absolute atomic E-state index is 12.4. The van der Waals surface area contributed by atoms with Crippen molar-refractivity contribution in [2.45, 2.75) is 27.3 Å². The fourth-order valence-electron chi connectivity index (χ4n) is 2.83. The standard InChI is InChI=1S/C22H23N3O5S/c1-4-31(28,29)25-19-8-6-5-7-18(19)22-24-20(15(3)30-22)13-23-21(27)17-11-9-16(10-12-17)14(2)26/h5-12,25H,4,13H2,1-3H3,(H,23,27). The number of aromatic nitrogens is 1. The first kappa shape index (κ1) is 22.2. The number of hydrogen-bond acceptors (Lipinski definition) is 6. The van der Waals surface area contributed by atoms with Crippen LogP contribution >= 0.6 is 0 Å². The Bertz CT molecular complexity index is 1210. The fourth-order valence-corrected chi connectivity index (χ4v) is 3.49. The van der Waals surface area contributed by atoms with E-state index in [1.807, 2.05) is 0 Å². The van der Waals surface area contributed by atoms with E-state index in [2.05, 4.69) is 15.0 Å². The van der Waals surface area contributed by atoms with Crippen molar-refractivity contribution in [2.24, 2.45) is 0 Å². The Balaban J connectivity index is 1.76. The Morgan fingerprint density at radius 1 is 1.03 bits per heavy atom. The highest BCUT2D eigenvalue weighted by Crippen LogP contribution is 2.29. The number of nitrogens with zero attached hydrogens (tertiary/aromatic N) is 1. The van der Waals surface area contributed by atoms with Gasteiger partial charge in [-0.2, -0.15) is 0 Å². The van der Waals surface area contributed by atoms with Crippen molar-refractivity contribution >= 4 is 27.4 Å². The second-order valence-corrected chi connectivity index (χ2v) is 8.90. The number of anilines is 1. The minimum Gasteiger partial charge on any atom is -0.441 e. The zero-order valence-electron chi connectivity index (χ0n) is 17.4. The summed E-state index contributed by atoms with van der Waals surface area (Å²) in [6.07, 6.45) is 0. The molecule has 3 rings (SSSR count). The molecule has 2 N–H and O–H groups in total. The van der Waals surface area contributed by atoms with Crippen LogP contribution in [-0.4, -0.2) is 30.8 Å². The van der Waals surface area contributed by atoms with E-state index in [0.717, 1.165) is 0 Å². The van der Waals surface area contributed by atoms with Crippen LogP contribution in [-0.2, 0) is 16.6 Å². The van der Waals surface area contributed by atoms with Crippen molar-refractivity contribution in [1.29, 1.82) is 0 Å². The molecule has 0 aliphatic carbocycles. The number of rotatable bonds is 8. The third-order valence-electron chi connectivity index (χ3n) is 4.67. The molecule has 0 radical (unpaired) electrons. The Labute approximate surface area is 180 Å². The minimum absolute atomic E-state index is 0.0589. The average Bonchev–Trinajstić information content (AvgIpc) is 3.12. The molecule has 1 amide bonds. The van der Waals surface area contributed by atoms with Crippen molar-refractivity contribution in [3.63, 3.8) is 0 Å². The summed E-state index contributed by atoms with van der Waals surface area (Å²) in [5.74, 6) is 0.322. The van der Waals surface area contributed by atoms with Crippen molar-refractivity contribution < 1.29 is 22.4 Å². The first-order valence-electron chi connectivity index (χ1n) is 9.65. The van der Waals surface area contributed by atoms with Crippen molar-refractivity contribution in [3.05, 3.63) is 71.1 Å². The predicted molar refractivity (Wildman–Crippen MR) is 117 cm³/mol. The molecule has 0 atom stereocenters. The number of amides is 1. The number of sulfonamides is 1. The number of para-hydroxylation sites is 1. The molecule has 0 unspecified atom stereocenters. The lowest BCUT2D eigenvalue weighted by Gasteiger charge is -2.09. The molecule has 1 aromatic heterocycles. The molecule has 0 saturated heterocycles. The second-order valence-electron chi connectivity index (χ2n) is 6.89. The van der Waals surface area contributed by atoms with Gasteiger partial charge in [0, 0.05) is 11.1 Å². The summed E-state index contributed by atoms with van der Waals surface area (Å²) in [6, 6.07) is 13.2. The minimum atomic E-state index is -3.46. The molecule has 0 spiro atoms. The van der Waals surface area contributed by atoms with Crippen LogP contribution in [0.4, 0.5) is 5.69 Å². The van der Waals surface area contributed by atoms with Gasteiger partial charge in [0.05, 0.1) is 23.5 Å².